The van der Waals surface area contributed by atoms with E-state index in [4.69, 9.17) is 4.43 Å². The van der Waals surface area contributed by atoms with Crippen molar-refractivity contribution in [1.82, 2.24) is 0 Å². The maximum Gasteiger partial charge on any atom is 0.229 e. The van der Waals surface area contributed by atoms with Gasteiger partial charge in [-0.15, -0.1) is 0 Å². The van der Waals surface area contributed by atoms with Crippen LogP contribution in [-0.4, -0.2) is 20.8 Å². The smallest absolute Gasteiger partial charge is 0.229 e. The van der Waals surface area contributed by atoms with E-state index in [1.807, 2.05) is 0 Å². The number of hydrogen-bond acceptors (Lipinski definition) is 2. The number of fused-ring (bicyclic) bond motifs is 1. The molecule has 0 fully saturated rings. The molecule has 0 saturated heterocycles. The fraction of sp³-hybridized carbons (Fsp3) is 0.474. The van der Waals surface area contributed by atoms with Gasteiger partial charge in [0, 0.05) is 6.61 Å². The predicted molar refractivity (Wildman–Crippen MR) is 97.6 cm³/mol. The zero-order chi connectivity index (χ0) is 16.3. The van der Waals surface area contributed by atoms with Gasteiger partial charge in [-0.1, -0.05) is 45.0 Å². The van der Waals surface area contributed by atoms with E-state index in [1.165, 1.54) is 21.9 Å². The minimum atomic E-state index is -1.18. The van der Waals surface area contributed by atoms with Crippen molar-refractivity contribution < 1.29 is 9.53 Å². The third kappa shape index (κ3) is 3.71. The normalized spacial score (nSPS) is 12.1. The van der Waals surface area contributed by atoms with Crippen LogP contribution in [0.2, 0.25) is 13.1 Å². The summed E-state index contributed by atoms with van der Waals surface area (Å²) >= 11 is 0. The van der Waals surface area contributed by atoms with E-state index >= 15 is 0 Å². The number of aliphatic hydroxyl groups is 1. The summed E-state index contributed by atoms with van der Waals surface area (Å²) in [4.78, 5) is 0. The van der Waals surface area contributed by atoms with Crippen LogP contribution in [0.4, 0.5) is 0 Å². The van der Waals surface area contributed by atoms with Gasteiger partial charge in [0.2, 0.25) is 9.04 Å². The Balaban J connectivity index is 2.75. The van der Waals surface area contributed by atoms with Gasteiger partial charge in [-0.05, 0) is 59.3 Å². The molecule has 2 nitrogen and oxygen atoms in total. The van der Waals surface area contributed by atoms with Crippen LogP contribution < -0.4 is 4.43 Å². The highest BCUT2D eigenvalue weighted by Gasteiger charge is 2.24. The van der Waals surface area contributed by atoms with E-state index in [1.54, 1.807) is 0 Å². The van der Waals surface area contributed by atoms with E-state index in [9.17, 15) is 5.11 Å². The van der Waals surface area contributed by atoms with Crippen LogP contribution >= 0.6 is 0 Å². The van der Waals surface area contributed by atoms with Crippen LogP contribution in [0.15, 0.2) is 30.3 Å². The molecule has 0 heterocycles. The van der Waals surface area contributed by atoms with Gasteiger partial charge < -0.3 is 9.53 Å². The van der Waals surface area contributed by atoms with Gasteiger partial charge in [0.1, 0.15) is 5.75 Å². The molecule has 2 aromatic carbocycles. The first kappa shape index (κ1) is 17.0. The molecule has 0 atom stereocenters. The quantitative estimate of drug-likeness (QED) is 0.827. The third-order valence-electron chi connectivity index (χ3n) is 3.81. The van der Waals surface area contributed by atoms with Gasteiger partial charge in [0.15, 0.2) is 0 Å². The highest BCUT2D eigenvalue weighted by molar-refractivity contribution is 6.49. The molecule has 2 aromatic rings. The minimum Gasteiger partial charge on any atom is -0.547 e. The van der Waals surface area contributed by atoms with Crippen LogP contribution in [0, 0.1) is 0 Å². The Bertz CT molecular complexity index is 642. The molecule has 22 heavy (non-hydrogen) atoms. The second-order valence-corrected chi connectivity index (χ2v) is 9.53. The average Bonchev–Trinajstić information content (AvgIpc) is 2.42. The molecule has 0 unspecified atom stereocenters. The maximum absolute atomic E-state index is 9.28. The van der Waals surface area contributed by atoms with Crippen molar-refractivity contribution in [2.45, 2.75) is 52.1 Å². The van der Waals surface area contributed by atoms with E-state index < -0.39 is 9.04 Å². The summed E-state index contributed by atoms with van der Waals surface area (Å²) in [5, 5.41) is 11.8. The van der Waals surface area contributed by atoms with Crippen molar-refractivity contribution in [2.75, 3.05) is 6.61 Å². The fourth-order valence-electron chi connectivity index (χ4n) is 3.08. The molecule has 3 heteroatoms. The van der Waals surface area contributed by atoms with Gasteiger partial charge in [0.25, 0.3) is 0 Å². The molecule has 0 amide bonds. The number of aliphatic hydroxyl groups excluding tert-OH is 1. The van der Waals surface area contributed by atoms with Crippen molar-refractivity contribution in [1.29, 1.82) is 0 Å². The fourth-order valence-corrected chi connectivity index (χ4v) is 3.80. The summed E-state index contributed by atoms with van der Waals surface area (Å²) in [5.74, 6) is 1.03. The molecule has 0 aliphatic carbocycles. The zero-order valence-electron chi connectivity index (χ0n) is 14.4. The van der Waals surface area contributed by atoms with Crippen LogP contribution in [0.5, 0.6) is 5.75 Å². The largest absolute Gasteiger partial charge is 0.547 e. The van der Waals surface area contributed by atoms with E-state index in [0.29, 0.717) is 0 Å². The first-order valence-corrected chi connectivity index (χ1v) is 10.9. The summed E-state index contributed by atoms with van der Waals surface area (Å²) < 4.78 is 6.24. The molecule has 1 N–H and O–H groups in total. The Kier molecular flexibility index (Phi) is 5.30. The highest BCUT2D eigenvalue weighted by Crippen LogP contribution is 2.39. The SMILES string of the molecule is C[SiH](C)Oc1cc2ccccc2c(C(C)(C)C)c1CCCO. The second kappa shape index (κ2) is 6.84. The van der Waals surface area contributed by atoms with Crippen molar-refractivity contribution in [3.63, 3.8) is 0 Å². The first-order chi connectivity index (χ1) is 10.3. The Hall–Kier alpha value is -1.32. The summed E-state index contributed by atoms with van der Waals surface area (Å²) in [6, 6.07) is 10.7. The molecule has 0 aromatic heterocycles. The predicted octanol–water partition coefficient (Wildman–Crippen LogP) is 4.42. The van der Waals surface area contributed by atoms with Crippen molar-refractivity contribution in [2.24, 2.45) is 0 Å². The molecular formula is C19H28O2Si. The zero-order valence-corrected chi connectivity index (χ0v) is 15.6. The van der Waals surface area contributed by atoms with E-state index in [0.717, 1.165) is 18.6 Å². The Morgan fingerprint density at radius 3 is 2.41 bits per heavy atom. The molecule has 0 saturated carbocycles. The minimum absolute atomic E-state index is 0.0439. The Labute approximate surface area is 135 Å². The van der Waals surface area contributed by atoms with E-state index in [-0.39, 0.29) is 12.0 Å². The number of benzene rings is 2. The van der Waals surface area contributed by atoms with Crippen molar-refractivity contribution in [3.05, 3.63) is 41.5 Å². The van der Waals surface area contributed by atoms with Crippen LogP contribution in [0.1, 0.15) is 38.3 Å². The van der Waals surface area contributed by atoms with Gasteiger partial charge in [-0.25, -0.2) is 0 Å². The summed E-state index contributed by atoms with van der Waals surface area (Å²) in [5.41, 5.74) is 2.69. The van der Waals surface area contributed by atoms with Gasteiger partial charge >= 0.3 is 0 Å². The third-order valence-corrected chi connectivity index (χ3v) is 4.54. The molecule has 0 bridgehead atoms. The molecule has 0 spiro atoms. The van der Waals surface area contributed by atoms with Crippen molar-refractivity contribution in [3.8, 4) is 5.75 Å². The molecule has 120 valence electrons. The molecule has 2 rings (SSSR count). The maximum atomic E-state index is 9.28. The molecule has 0 aliphatic heterocycles. The lowest BCUT2D eigenvalue weighted by Gasteiger charge is -2.28. The van der Waals surface area contributed by atoms with E-state index in [2.05, 4.69) is 64.2 Å². The van der Waals surface area contributed by atoms with Crippen LogP contribution in [0.25, 0.3) is 10.8 Å². The van der Waals surface area contributed by atoms with Gasteiger partial charge in [-0.3, -0.25) is 0 Å². The van der Waals surface area contributed by atoms with Crippen LogP contribution in [0.3, 0.4) is 0 Å². The lowest BCUT2D eigenvalue weighted by Crippen LogP contribution is -2.19. The first-order valence-electron chi connectivity index (χ1n) is 8.17. The Morgan fingerprint density at radius 1 is 1.14 bits per heavy atom. The number of hydrogen-bond donors (Lipinski definition) is 1. The summed E-state index contributed by atoms with van der Waals surface area (Å²) in [6.07, 6.45) is 1.64. The van der Waals surface area contributed by atoms with Gasteiger partial charge in [0.05, 0.1) is 0 Å². The Morgan fingerprint density at radius 2 is 1.82 bits per heavy atom. The highest BCUT2D eigenvalue weighted by atomic mass is 28.3. The second-order valence-electron chi connectivity index (χ2n) is 7.19. The van der Waals surface area contributed by atoms with Crippen LogP contribution in [-0.2, 0) is 11.8 Å². The monoisotopic (exact) mass is 316 g/mol. The lowest BCUT2D eigenvalue weighted by molar-refractivity contribution is 0.288. The van der Waals surface area contributed by atoms with Gasteiger partial charge in [-0.2, -0.15) is 0 Å². The average molecular weight is 317 g/mol. The topological polar surface area (TPSA) is 29.5 Å². The molecular weight excluding hydrogens is 288 g/mol. The standard InChI is InChI=1S/C19H28O2Si/c1-19(2,3)18-15-10-7-6-9-14(15)13-17(21-22(4)5)16(18)11-8-12-20/h6-7,9-10,13,20,22H,8,11-12H2,1-5H3. The molecule has 0 radical (unpaired) electrons. The summed E-state index contributed by atoms with van der Waals surface area (Å²) in [6.45, 7) is 11.4. The lowest BCUT2D eigenvalue weighted by atomic mass is 9.79. The molecule has 0 aliphatic rings. The number of rotatable bonds is 5. The van der Waals surface area contributed by atoms with Crippen molar-refractivity contribution >= 4 is 19.8 Å². The summed E-state index contributed by atoms with van der Waals surface area (Å²) in [7, 11) is -1.18.